The summed E-state index contributed by atoms with van der Waals surface area (Å²) in [5.74, 6) is -0.187. The molecule has 3 heteroatoms. The topological polar surface area (TPSA) is 24.9 Å². The standard InChI is InChI=1S/C16H19FN2/c1-12(10-14-5-7-16(17)8-6-14)19-13(2)15-4-3-9-18-11-15/h3-9,11-13,19H,10H2,1-2H3. The number of hydrogen-bond acceptors (Lipinski definition) is 2. The Hall–Kier alpha value is -1.74. The number of rotatable bonds is 5. The second kappa shape index (κ2) is 6.43. The maximum absolute atomic E-state index is 12.8. The number of nitrogens with zero attached hydrogens (tertiary/aromatic N) is 1. The zero-order chi connectivity index (χ0) is 13.7. The first-order valence-corrected chi connectivity index (χ1v) is 6.55. The average Bonchev–Trinajstić information content (AvgIpc) is 2.42. The molecular weight excluding hydrogens is 239 g/mol. The SMILES string of the molecule is CC(Cc1ccc(F)cc1)NC(C)c1cccnc1. The Balaban J connectivity index is 1.90. The van der Waals surface area contributed by atoms with Gasteiger partial charge in [0.15, 0.2) is 0 Å². The minimum absolute atomic E-state index is 0.187. The van der Waals surface area contributed by atoms with Crippen LogP contribution >= 0.6 is 0 Å². The number of halogens is 1. The first-order chi connectivity index (χ1) is 9.15. The van der Waals surface area contributed by atoms with Crippen LogP contribution in [-0.2, 0) is 6.42 Å². The molecule has 0 saturated heterocycles. The van der Waals surface area contributed by atoms with E-state index in [1.54, 1.807) is 6.20 Å². The van der Waals surface area contributed by atoms with Gasteiger partial charge in [-0.25, -0.2) is 4.39 Å². The first kappa shape index (κ1) is 13.7. The summed E-state index contributed by atoms with van der Waals surface area (Å²) >= 11 is 0. The molecular formula is C16H19FN2. The highest BCUT2D eigenvalue weighted by atomic mass is 19.1. The molecule has 19 heavy (non-hydrogen) atoms. The largest absolute Gasteiger partial charge is 0.307 e. The number of pyridine rings is 1. The van der Waals surface area contributed by atoms with E-state index in [2.05, 4.69) is 30.2 Å². The van der Waals surface area contributed by atoms with E-state index in [1.165, 1.54) is 17.7 Å². The smallest absolute Gasteiger partial charge is 0.123 e. The molecule has 0 aliphatic heterocycles. The van der Waals surface area contributed by atoms with Crippen LogP contribution in [0.1, 0.15) is 31.0 Å². The molecule has 0 amide bonds. The number of aromatic nitrogens is 1. The fourth-order valence-corrected chi connectivity index (χ4v) is 2.19. The van der Waals surface area contributed by atoms with E-state index in [0.717, 1.165) is 12.0 Å². The minimum atomic E-state index is -0.187. The third-order valence-corrected chi connectivity index (χ3v) is 3.17. The molecule has 100 valence electrons. The molecule has 0 aliphatic carbocycles. The Labute approximate surface area is 113 Å². The highest BCUT2D eigenvalue weighted by molar-refractivity contribution is 5.18. The average molecular weight is 258 g/mol. The van der Waals surface area contributed by atoms with E-state index in [0.29, 0.717) is 6.04 Å². The summed E-state index contributed by atoms with van der Waals surface area (Å²) in [6.45, 7) is 4.26. The third kappa shape index (κ3) is 4.14. The van der Waals surface area contributed by atoms with Crippen LogP contribution in [0.5, 0.6) is 0 Å². The lowest BCUT2D eigenvalue weighted by molar-refractivity contribution is 0.476. The van der Waals surface area contributed by atoms with Gasteiger partial charge in [-0.15, -0.1) is 0 Å². The summed E-state index contributed by atoms with van der Waals surface area (Å²) in [5.41, 5.74) is 2.31. The predicted octanol–water partition coefficient (Wildman–Crippen LogP) is 3.50. The maximum Gasteiger partial charge on any atom is 0.123 e. The van der Waals surface area contributed by atoms with Crippen LogP contribution in [0.15, 0.2) is 48.8 Å². The lowest BCUT2D eigenvalue weighted by atomic mass is 10.0. The molecule has 2 unspecified atom stereocenters. The maximum atomic E-state index is 12.8. The van der Waals surface area contributed by atoms with Crippen LogP contribution in [0.3, 0.4) is 0 Å². The van der Waals surface area contributed by atoms with Gasteiger partial charge in [0.1, 0.15) is 5.82 Å². The zero-order valence-electron chi connectivity index (χ0n) is 11.3. The van der Waals surface area contributed by atoms with Gasteiger partial charge in [-0.1, -0.05) is 18.2 Å². The quantitative estimate of drug-likeness (QED) is 0.887. The second-order valence-electron chi connectivity index (χ2n) is 4.91. The molecule has 2 aromatic rings. The number of nitrogens with one attached hydrogen (secondary N) is 1. The summed E-state index contributed by atoms with van der Waals surface area (Å²) in [5, 5.41) is 3.53. The van der Waals surface area contributed by atoms with Gasteiger partial charge in [0.25, 0.3) is 0 Å². The Morgan fingerprint density at radius 1 is 1.16 bits per heavy atom. The van der Waals surface area contributed by atoms with Gasteiger partial charge in [0, 0.05) is 24.5 Å². The normalized spacial score (nSPS) is 14.1. The fraction of sp³-hybridized carbons (Fsp3) is 0.312. The van der Waals surface area contributed by atoms with Crippen molar-refractivity contribution in [3.63, 3.8) is 0 Å². The van der Waals surface area contributed by atoms with Gasteiger partial charge in [-0.2, -0.15) is 0 Å². The van der Waals surface area contributed by atoms with E-state index >= 15 is 0 Å². The van der Waals surface area contributed by atoms with Crippen molar-refractivity contribution in [1.29, 1.82) is 0 Å². The molecule has 0 aliphatic rings. The van der Waals surface area contributed by atoms with Crippen LogP contribution in [0.4, 0.5) is 4.39 Å². The van der Waals surface area contributed by atoms with Gasteiger partial charge < -0.3 is 5.32 Å². The van der Waals surface area contributed by atoms with Gasteiger partial charge in [-0.05, 0) is 49.6 Å². The molecule has 0 radical (unpaired) electrons. The van der Waals surface area contributed by atoms with Gasteiger partial charge in [0.2, 0.25) is 0 Å². The molecule has 1 aromatic carbocycles. The summed E-state index contributed by atoms with van der Waals surface area (Å²) < 4.78 is 12.8. The van der Waals surface area contributed by atoms with E-state index in [-0.39, 0.29) is 11.9 Å². The van der Waals surface area contributed by atoms with Crippen molar-refractivity contribution in [3.8, 4) is 0 Å². The van der Waals surface area contributed by atoms with Gasteiger partial charge >= 0.3 is 0 Å². The Morgan fingerprint density at radius 2 is 1.89 bits per heavy atom. The van der Waals surface area contributed by atoms with E-state index in [1.807, 2.05) is 24.4 Å². The Kier molecular flexibility index (Phi) is 4.63. The van der Waals surface area contributed by atoms with Crippen molar-refractivity contribution >= 4 is 0 Å². The van der Waals surface area contributed by atoms with Crippen LogP contribution in [-0.4, -0.2) is 11.0 Å². The summed E-state index contributed by atoms with van der Waals surface area (Å²) in [6.07, 6.45) is 4.53. The van der Waals surface area contributed by atoms with Crippen molar-refractivity contribution in [2.45, 2.75) is 32.4 Å². The zero-order valence-corrected chi connectivity index (χ0v) is 11.3. The number of hydrogen-bond donors (Lipinski definition) is 1. The van der Waals surface area contributed by atoms with E-state index in [4.69, 9.17) is 0 Å². The highest BCUT2D eigenvalue weighted by Gasteiger charge is 2.10. The molecule has 2 rings (SSSR count). The third-order valence-electron chi connectivity index (χ3n) is 3.17. The lowest BCUT2D eigenvalue weighted by Gasteiger charge is -2.20. The van der Waals surface area contributed by atoms with Crippen molar-refractivity contribution < 1.29 is 4.39 Å². The molecule has 2 nitrogen and oxygen atoms in total. The lowest BCUT2D eigenvalue weighted by Crippen LogP contribution is -2.30. The summed E-state index contributed by atoms with van der Waals surface area (Å²) in [4.78, 5) is 4.13. The molecule has 1 aromatic heterocycles. The van der Waals surface area contributed by atoms with Crippen molar-refractivity contribution in [1.82, 2.24) is 10.3 Å². The summed E-state index contributed by atoms with van der Waals surface area (Å²) in [6, 6.07) is 11.3. The predicted molar refractivity (Wildman–Crippen MR) is 75.4 cm³/mol. The van der Waals surface area contributed by atoms with Gasteiger partial charge in [-0.3, -0.25) is 4.98 Å². The van der Waals surface area contributed by atoms with Crippen LogP contribution in [0.25, 0.3) is 0 Å². The molecule has 0 saturated carbocycles. The molecule has 0 fully saturated rings. The minimum Gasteiger partial charge on any atom is -0.307 e. The first-order valence-electron chi connectivity index (χ1n) is 6.55. The monoisotopic (exact) mass is 258 g/mol. The van der Waals surface area contributed by atoms with Crippen molar-refractivity contribution in [2.24, 2.45) is 0 Å². The molecule has 0 bridgehead atoms. The van der Waals surface area contributed by atoms with E-state index in [9.17, 15) is 4.39 Å². The molecule has 2 atom stereocenters. The van der Waals surface area contributed by atoms with Crippen LogP contribution < -0.4 is 5.32 Å². The van der Waals surface area contributed by atoms with E-state index < -0.39 is 0 Å². The van der Waals surface area contributed by atoms with Crippen molar-refractivity contribution in [2.75, 3.05) is 0 Å². The molecule has 1 heterocycles. The second-order valence-corrected chi connectivity index (χ2v) is 4.91. The fourth-order valence-electron chi connectivity index (χ4n) is 2.19. The Bertz CT molecular complexity index is 496. The number of benzene rings is 1. The summed E-state index contributed by atoms with van der Waals surface area (Å²) in [7, 11) is 0. The highest BCUT2D eigenvalue weighted by Crippen LogP contribution is 2.13. The van der Waals surface area contributed by atoms with Crippen LogP contribution in [0.2, 0.25) is 0 Å². The Morgan fingerprint density at radius 3 is 2.53 bits per heavy atom. The van der Waals surface area contributed by atoms with Crippen LogP contribution in [0, 0.1) is 5.82 Å². The molecule has 1 N–H and O–H groups in total. The molecule has 0 spiro atoms. The van der Waals surface area contributed by atoms with Gasteiger partial charge in [0.05, 0.1) is 0 Å². The van der Waals surface area contributed by atoms with Crippen molar-refractivity contribution in [3.05, 3.63) is 65.7 Å².